The van der Waals surface area contributed by atoms with E-state index in [-0.39, 0.29) is 40.9 Å². The number of esters is 2. The number of aliphatic hydroxyl groups is 2. The molecule has 6 heteroatoms. The second-order valence-corrected chi connectivity index (χ2v) is 15.5. The van der Waals surface area contributed by atoms with E-state index >= 15 is 0 Å². The van der Waals surface area contributed by atoms with Gasteiger partial charge < -0.3 is 19.7 Å². The summed E-state index contributed by atoms with van der Waals surface area (Å²) in [4.78, 5) is 25.1. The van der Waals surface area contributed by atoms with Crippen molar-refractivity contribution in [2.75, 3.05) is 0 Å². The molecule has 2 N–H and O–H groups in total. The van der Waals surface area contributed by atoms with E-state index in [0.29, 0.717) is 48.9 Å². The van der Waals surface area contributed by atoms with Crippen molar-refractivity contribution in [3.8, 4) is 0 Å². The van der Waals surface area contributed by atoms with Gasteiger partial charge in [-0.25, -0.2) is 0 Å². The van der Waals surface area contributed by atoms with Crippen molar-refractivity contribution in [2.45, 2.75) is 162 Å². The number of aliphatic hydroxyl groups excluding tert-OH is 1. The largest absolute Gasteiger partial charge is 0.462 e. The Balaban J connectivity index is 1.57. The molecule has 4 aliphatic rings. The molecule has 0 aromatic rings. The van der Waals surface area contributed by atoms with Crippen LogP contribution in [0.5, 0.6) is 0 Å². The van der Waals surface area contributed by atoms with Gasteiger partial charge in [-0.1, -0.05) is 41.5 Å². The Kier molecular flexibility index (Phi) is 10.3. The summed E-state index contributed by atoms with van der Waals surface area (Å²) in [6.07, 6.45) is 10.9. The number of ether oxygens (including phenoxy) is 2. The molecule has 0 radical (unpaired) electrons. The second kappa shape index (κ2) is 12.8. The number of carbonyl (C=O) groups is 2. The number of hydrogen-bond donors (Lipinski definition) is 2. The van der Waals surface area contributed by atoms with E-state index in [1.54, 1.807) is 0 Å². The zero-order valence-electron chi connectivity index (χ0n) is 27.1. The summed E-state index contributed by atoms with van der Waals surface area (Å²) >= 11 is 0. The molecule has 0 heterocycles. The van der Waals surface area contributed by atoms with Crippen LogP contribution in [0.1, 0.15) is 138 Å². The molecule has 11 atom stereocenters. The maximum absolute atomic E-state index is 12.8. The summed E-state index contributed by atoms with van der Waals surface area (Å²) in [5.74, 6) is 1.96. The highest BCUT2D eigenvalue weighted by molar-refractivity contribution is 5.69. The first kappa shape index (κ1) is 32.8. The van der Waals surface area contributed by atoms with Crippen molar-refractivity contribution in [3.63, 3.8) is 0 Å². The van der Waals surface area contributed by atoms with Crippen LogP contribution in [0.25, 0.3) is 0 Å². The van der Waals surface area contributed by atoms with E-state index in [2.05, 4.69) is 27.7 Å². The Morgan fingerprint density at radius 2 is 1.51 bits per heavy atom. The molecule has 4 fully saturated rings. The van der Waals surface area contributed by atoms with E-state index in [9.17, 15) is 19.8 Å². The van der Waals surface area contributed by atoms with Gasteiger partial charge in [0.2, 0.25) is 0 Å². The first-order chi connectivity index (χ1) is 19.3. The quantitative estimate of drug-likeness (QED) is 0.252. The molecule has 1 unspecified atom stereocenters. The van der Waals surface area contributed by atoms with Crippen LogP contribution >= 0.6 is 0 Å². The molecule has 0 bridgehead atoms. The van der Waals surface area contributed by atoms with Gasteiger partial charge in [-0.05, 0) is 124 Å². The second-order valence-electron chi connectivity index (χ2n) is 15.5. The monoisotopic (exact) mass is 576 g/mol. The van der Waals surface area contributed by atoms with Crippen molar-refractivity contribution >= 4 is 11.9 Å². The minimum absolute atomic E-state index is 0.0495. The lowest BCUT2D eigenvalue weighted by molar-refractivity contribution is -0.189. The molecule has 0 aromatic heterocycles. The fourth-order valence-corrected chi connectivity index (χ4v) is 10.3. The number of hydrogen-bond acceptors (Lipinski definition) is 6. The summed E-state index contributed by atoms with van der Waals surface area (Å²) in [6, 6.07) is 0. The Morgan fingerprint density at radius 3 is 2.15 bits per heavy atom. The van der Waals surface area contributed by atoms with Gasteiger partial charge in [0.15, 0.2) is 0 Å². The van der Waals surface area contributed by atoms with E-state index in [4.69, 9.17) is 9.47 Å². The van der Waals surface area contributed by atoms with Crippen LogP contribution in [0.15, 0.2) is 0 Å². The minimum atomic E-state index is -1.33. The third kappa shape index (κ3) is 6.40. The predicted octanol–water partition coefficient (Wildman–Crippen LogP) is 7.23. The number of carbonyl (C=O) groups excluding carboxylic acids is 2. The number of rotatable bonds is 11. The summed E-state index contributed by atoms with van der Waals surface area (Å²) < 4.78 is 12.1. The normalized spacial score (nSPS) is 40.6. The molecule has 0 aromatic carbocycles. The van der Waals surface area contributed by atoms with Crippen LogP contribution in [0.2, 0.25) is 0 Å². The van der Waals surface area contributed by atoms with Gasteiger partial charge in [-0.2, -0.15) is 0 Å². The highest BCUT2D eigenvalue weighted by atomic mass is 16.5. The summed E-state index contributed by atoms with van der Waals surface area (Å²) in [5, 5.41) is 23.5. The molecular formula is C35H60O6. The first-order valence-electron chi connectivity index (χ1n) is 17.1. The Morgan fingerprint density at radius 1 is 0.878 bits per heavy atom. The van der Waals surface area contributed by atoms with Crippen LogP contribution in [0, 0.1) is 46.3 Å². The molecule has 6 nitrogen and oxygen atoms in total. The van der Waals surface area contributed by atoms with Crippen molar-refractivity contribution < 1.29 is 29.3 Å². The summed E-state index contributed by atoms with van der Waals surface area (Å²) in [6.45, 7) is 14.9. The van der Waals surface area contributed by atoms with Crippen LogP contribution in [-0.4, -0.2) is 46.1 Å². The van der Waals surface area contributed by atoms with Gasteiger partial charge in [0, 0.05) is 18.8 Å². The molecule has 41 heavy (non-hydrogen) atoms. The minimum Gasteiger partial charge on any atom is -0.462 e. The highest BCUT2D eigenvalue weighted by Gasteiger charge is 2.67. The first-order valence-corrected chi connectivity index (χ1v) is 17.1. The topological polar surface area (TPSA) is 93.1 Å². The van der Waals surface area contributed by atoms with Gasteiger partial charge in [0.05, 0.1) is 11.7 Å². The lowest BCUT2D eigenvalue weighted by atomic mass is 9.44. The smallest absolute Gasteiger partial charge is 0.306 e. The Hall–Kier alpha value is -1.14. The molecule has 0 saturated heterocycles. The average molecular weight is 577 g/mol. The van der Waals surface area contributed by atoms with E-state index in [1.165, 1.54) is 0 Å². The van der Waals surface area contributed by atoms with Crippen molar-refractivity contribution in [1.82, 2.24) is 0 Å². The van der Waals surface area contributed by atoms with Gasteiger partial charge in [0.25, 0.3) is 0 Å². The van der Waals surface area contributed by atoms with Crippen molar-refractivity contribution in [3.05, 3.63) is 0 Å². The Bertz CT molecular complexity index is 914. The summed E-state index contributed by atoms with van der Waals surface area (Å²) in [5.41, 5.74) is -1.30. The van der Waals surface area contributed by atoms with E-state index < -0.39 is 11.7 Å². The third-order valence-electron chi connectivity index (χ3n) is 12.4. The van der Waals surface area contributed by atoms with Gasteiger partial charge in [0.1, 0.15) is 12.2 Å². The zero-order valence-corrected chi connectivity index (χ0v) is 27.1. The SMILES string of the molecule is CCCC(=O)O[C@H]1CC[C@@]2(C)C(CC[C@H]3[C@@H]4C[C@H](OC(=O)CCC)[C@H]([C@@](C)(O)[C@@H](O)CCC(C)C)[C@@]4(C)CC[C@@H]32)C1. The summed E-state index contributed by atoms with van der Waals surface area (Å²) in [7, 11) is 0. The molecule has 0 amide bonds. The standard InChI is InChI=1S/C35H60O6/c1-8-10-30(37)40-24-16-18-33(5)23(20-24)13-14-25-26(33)17-19-34(6)27(25)21-28(41-31(38)11-9-2)32(34)35(7,39)29(36)15-12-22(3)4/h22-29,32,36,39H,8-21H2,1-7H3/t23?,24-,25+,26-,27-,28-,29-,32-,33-,34-,35-/m0/s1. The van der Waals surface area contributed by atoms with Crippen LogP contribution in [0.3, 0.4) is 0 Å². The van der Waals surface area contributed by atoms with E-state index in [0.717, 1.165) is 70.6 Å². The lowest BCUT2D eigenvalue weighted by Gasteiger charge is -2.61. The molecule has 4 rings (SSSR count). The fraction of sp³-hybridized carbons (Fsp3) is 0.943. The molecule has 4 saturated carbocycles. The highest BCUT2D eigenvalue weighted by Crippen LogP contribution is 2.69. The molecule has 4 aliphatic carbocycles. The molecule has 0 aliphatic heterocycles. The maximum Gasteiger partial charge on any atom is 0.306 e. The van der Waals surface area contributed by atoms with Crippen LogP contribution in [-0.2, 0) is 19.1 Å². The van der Waals surface area contributed by atoms with Gasteiger partial charge >= 0.3 is 11.9 Å². The molecule has 236 valence electrons. The fourth-order valence-electron chi connectivity index (χ4n) is 10.3. The third-order valence-corrected chi connectivity index (χ3v) is 12.4. The van der Waals surface area contributed by atoms with Crippen LogP contribution < -0.4 is 0 Å². The Labute approximate surface area is 249 Å². The van der Waals surface area contributed by atoms with Gasteiger partial charge in [-0.15, -0.1) is 0 Å². The van der Waals surface area contributed by atoms with Gasteiger partial charge in [-0.3, -0.25) is 9.59 Å². The zero-order chi connectivity index (χ0) is 30.2. The van der Waals surface area contributed by atoms with Crippen LogP contribution in [0.4, 0.5) is 0 Å². The van der Waals surface area contributed by atoms with Crippen molar-refractivity contribution in [2.24, 2.45) is 46.3 Å². The van der Waals surface area contributed by atoms with Crippen molar-refractivity contribution in [1.29, 1.82) is 0 Å². The van der Waals surface area contributed by atoms with E-state index in [1.807, 2.05) is 20.8 Å². The molecule has 0 spiro atoms. The predicted molar refractivity (Wildman–Crippen MR) is 161 cm³/mol. The number of fused-ring (bicyclic) bond motifs is 5. The lowest BCUT2D eigenvalue weighted by Crippen LogP contribution is -2.58. The maximum atomic E-state index is 12.8. The molecular weight excluding hydrogens is 516 g/mol. The average Bonchev–Trinajstić information content (AvgIpc) is 3.19.